The van der Waals surface area contributed by atoms with Gasteiger partial charge in [-0.15, -0.1) is 11.3 Å². The lowest BCUT2D eigenvalue weighted by molar-refractivity contribution is 0.112. The van der Waals surface area contributed by atoms with E-state index in [-0.39, 0.29) is 0 Å². The van der Waals surface area contributed by atoms with Gasteiger partial charge in [0.05, 0.1) is 40.7 Å². The van der Waals surface area contributed by atoms with Crippen molar-refractivity contribution in [2.45, 2.75) is 19.4 Å². The summed E-state index contributed by atoms with van der Waals surface area (Å²) >= 11 is 1.47. The fourth-order valence-corrected chi connectivity index (χ4v) is 5.04. The van der Waals surface area contributed by atoms with Gasteiger partial charge in [0, 0.05) is 23.1 Å². The van der Waals surface area contributed by atoms with Crippen molar-refractivity contribution in [3.05, 3.63) is 83.0 Å². The second kappa shape index (κ2) is 8.69. The molecule has 1 N–H and O–H groups in total. The van der Waals surface area contributed by atoms with Crippen LogP contribution in [0.25, 0.3) is 31.8 Å². The number of methoxy groups -OCH3 is 1. The maximum atomic E-state index is 11.6. The van der Waals surface area contributed by atoms with Crippen molar-refractivity contribution in [3.63, 3.8) is 0 Å². The van der Waals surface area contributed by atoms with E-state index < -0.39 is 6.10 Å². The van der Waals surface area contributed by atoms with E-state index in [9.17, 15) is 9.90 Å². The summed E-state index contributed by atoms with van der Waals surface area (Å²) in [5, 5.41) is 11.8. The number of aryl methyl sites for hydroxylation is 1. The maximum Gasteiger partial charge on any atom is 0.232 e. The number of aromatic nitrogens is 3. The van der Waals surface area contributed by atoms with Gasteiger partial charge in [-0.1, -0.05) is 30.3 Å². The van der Waals surface area contributed by atoms with Crippen LogP contribution in [0.4, 0.5) is 0 Å². The Balaban J connectivity index is 1.66. The zero-order valence-electron chi connectivity index (χ0n) is 18.1. The first-order valence-corrected chi connectivity index (χ1v) is 11.3. The van der Waals surface area contributed by atoms with Crippen LogP contribution in [0.5, 0.6) is 5.88 Å². The molecule has 0 aliphatic heterocycles. The molecule has 3 aromatic carbocycles. The summed E-state index contributed by atoms with van der Waals surface area (Å²) in [4.78, 5) is 25.6. The minimum Gasteiger partial charge on any atom is -0.480 e. The molecule has 33 heavy (non-hydrogen) atoms. The number of carbonyl (C=O) groups excluding carboxylic acids is 1. The van der Waals surface area contributed by atoms with Crippen molar-refractivity contribution >= 4 is 38.9 Å². The molecule has 2 heterocycles. The molecular formula is C26H21N3O3S. The fourth-order valence-electron chi connectivity index (χ4n) is 3.97. The number of rotatable bonds is 6. The maximum absolute atomic E-state index is 11.6. The molecule has 0 saturated heterocycles. The monoisotopic (exact) mass is 455 g/mol. The number of ether oxygens (including phenoxy) is 1. The van der Waals surface area contributed by atoms with E-state index in [0.29, 0.717) is 28.9 Å². The quantitative estimate of drug-likeness (QED) is 0.349. The van der Waals surface area contributed by atoms with Gasteiger partial charge in [-0.25, -0.2) is 15.0 Å². The zero-order chi connectivity index (χ0) is 22.9. The van der Waals surface area contributed by atoms with Gasteiger partial charge in [-0.3, -0.25) is 4.79 Å². The lowest BCUT2D eigenvalue weighted by Gasteiger charge is -2.12. The van der Waals surface area contributed by atoms with Crippen LogP contribution in [-0.4, -0.2) is 33.5 Å². The molecule has 0 amide bonds. The molecule has 0 fully saturated rings. The summed E-state index contributed by atoms with van der Waals surface area (Å²) in [6, 6.07) is 17.3. The van der Waals surface area contributed by atoms with Gasteiger partial charge in [-0.2, -0.15) is 0 Å². The Morgan fingerprint density at radius 1 is 1.09 bits per heavy atom. The highest BCUT2D eigenvalue weighted by molar-refractivity contribution is 7.21. The predicted octanol–water partition coefficient (Wildman–Crippen LogP) is 5.31. The average Bonchev–Trinajstić information content (AvgIpc) is 3.27. The molecule has 0 radical (unpaired) electrons. The molecule has 6 nitrogen and oxygen atoms in total. The van der Waals surface area contributed by atoms with E-state index in [1.54, 1.807) is 19.4 Å². The van der Waals surface area contributed by atoms with Crippen LogP contribution in [-0.2, 0) is 6.42 Å². The first-order chi connectivity index (χ1) is 16.1. The molecule has 164 valence electrons. The molecule has 0 bridgehead atoms. The number of hydrogen-bond donors (Lipinski definition) is 1. The van der Waals surface area contributed by atoms with E-state index in [4.69, 9.17) is 9.72 Å². The fraction of sp³-hybridized carbons (Fsp3) is 0.154. The number of aliphatic hydroxyl groups excluding tert-OH is 1. The van der Waals surface area contributed by atoms with Crippen molar-refractivity contribution in [3.8, 4) is 16.5 Å². The summed E-state index contributed by atoms with van der Waals surface area (Å²) in [7, 11) is 1.56. The normalized spacial score (nSPS) is 12.2. The van der Waals surface area contributed by atoms with Crippen LogP contribution < -0.4 is 4.74 Å². The summed E-state index contributed by atoms with van der Waals surface area (Å²) in [6.45, 7) is 2.00. The van der Waals surface area contributed by atoms with Crippen molar-refractivity contribution < 1.29 is 14.6 Å². The van der Waals surface area contributed by atoms with Crippen LogP contribution in [0.3, 0.4) is 0 Å². The molecule has 5 aromatic rings. The molecule has 5 rings (SSSR count). The molecule has 0 aliphatic carbocycles. The van der Waals surface area contributed by atoms with Crippen LogP contribution in [0.1, 0.15) is 33.2 Å². The lowest BCUT2D eigenvalue weighted by Crippen LogP contribution is -2.03. The minimum atomic E-state index is -0.789. The lowest BCUT2D eigenvalue weighted by atomic mass is 9.99. The third kappa shape index (κ3) is 4.08. The molecule has 7 heteroatoms. The summed E-state index contributed by atoms with van der Waals surface area (Å²) < 4.78 is 6.07. The standard InChI is InChI=1S/C26H21N3O3S/c1-15-8-19(24-20(9-15)28-23(32-2)13-27-24)26-29-25-18(10-17(14-30)12-22(25)33-26)21(31)11-16-6-4-3-5-7-16/h3-10,12-14,21,31H,11H2,1-2H3. The Bertz CT molecular complexity index is 1480. The Hall–Kier alpha value is -3.68. The number of thiazole rings is 1. The SMILES string of the molecule is COc1cnc2c(-c3nc4c(C(O)Cc5ccccc5)cc(C=O)cc4s3)cc(C)cc2n1. The molecule has 1 unspecified atom stereocenters. The summed E-state index contributed by atoms with van der Waals surface area (Å²) in [5.74, 6) is 0.449. The Kier molecular flexibility index (Phi) is 5.58. The van der Waals surface area contributed by atoms with Crippen LogP contribution in [0.15, 0.2) is 60.8 Å². The molecule has 1 atom stereocenters. The van der Waals surface area contributed by atoms with Crippen LogP contribution in [0.2, 0.25) is 0 Å². The van der Waals surface area contributed by atoms with E-state index >= 15 is 0 Å². The second-order valence-electron chi connectivity index (χ2n) is 7.89. The van der Waals surface area contributed by atoms with Crippen molar-refractivity contribution in [1.29, 1.82) is 0 Å². The van der Waals surface area contributed by atoms with Crippen molar-refractivity contribution in [1.82, 2.24) is 15.0 Å². The first-order valence-electron chi connectivity index (χ1n) is 10.5. The number of fused-ring (bicyclic) bond motifs is 2. The molecule has 0 aliphatic rings. The van der Waals surface area contributed by atoms with Gasteiger partial charge in [0.25, 0.3) is 0 Å². The van der Waals surface area contributed by atoms with Gasteiger partial charge in [0.1, 0.15) is 11.3 Å². The Morgan fingerprint density at radius 2 is 1.91 bits per heavy atom. The highest BCUT2D eigenvalue weighted by atomic mass is 32.1. The van der Waals surface area contributed by atoms with Gasteiger partial charge in [0.15, 0.2) is 0 Å². The number of hydrogen-bond acceptors (Lipinski definition) is 7. The van der Waals surface area contributed by atoms with Crippen molar-refractivity contribution in [2.75, 3.05) is 7.11 Å². The van der Waals surface area contributed by atoms with Gasteiger partial charge in [-0.05, 0) is 42.3 Å². The molecule has 0 spiro atoms. The number of aldehydes is 1. The largest absolute Gasteiger partial charge is 0.480 e. The van der Waals surface area contributed by atoms with E-state index in [1.165, 1.54) is 11.3 Å². The van der Waals surface area contributed by atoms with Gasteiger partial charge >= 0.3 is 0 Å². The molecule has 2 aromatic heterocycles. The number of carbonyl (C=O) groups is 1. The van der Waals surface area contributed by atoms with Crippen molar-refractivity contribution in [2.24, 2.45) is 0 Å². The van der Waals surface area contributed by atoms with Crippen LogP contribution >= 0.6 is 11.3 Å². The molecular weight excluding hydrogens is 434 g/mol. The van der Waals surface area contributed by atoms with Gasteiger partial charge in [0.2, 0.25) is 5.88 Å². The number of aliphatic hydroxyl groups is 1. The third-order valence-corrected chi connectivity index (χ3v) is 6.56. The highest BCUT2D eigenvalue weighted by Gasteiger charge is 2.19. The molecule has 0 saturated carbocycles. The third-order valence-electron chi connectivity index (χ3n) is 5.52. The highest BCUT2D eigenvalue weighted by Crippen LogP contribution is 2.38. The predicted molar refractivity (Wildman–Crippen MR) is 130 cm³/mol. The van der Waals surface area contributed by atoms with Gasteiger partial charge < -0.3 is 9.84 Å². The number of nitrogens with zero attached hydrogens (tertiary/aromatic N) is 3. The van der Waals surface area contributed by atoms with Crippen LogP contribution in [0, 0.1) is 6.92 Å². The minimum absolute atomic E-state index is 0.434. The zero-order valence-corrected chi connectivity index (χ0v) is 19.0. The van der Waals surface area contributed by atoms with E-state index in [2.05, 4.69) is 9.97 Å². The second-order valence-corrected chi connectivity index (χ2v) is 8.92. The Labute approximate surface area is 194 Å². The smallest absolute Gasteiger partial charge is 0.232 e. The summed E-state index contributed by atoms with van der Waals surface area (Å²) in [5.41, 5.74) is 6.20. The first kappa shape index (κ1) is 21.2. The Morgan fingerprint density at radius 3 is 2.67 bits per heavy atom. The summed E-state index contributed by atoms with van der Waals surface area (Å²) in [6.07, 6.45) is 2.04. The number of benzene rings is 3. The van der Waals surface area contributed by atoms with E-state index in [0.717, 1.165) is 43.7 Å². The topological polar surface area (TPSA) is 85.2 Å². The average molecular weight is 456 g/mol. The van der Waals surface area contributed by atoms with E-state index in [1.807, 2.05) is 55.5 Å².